The molecule has 2 aliphatic rings. The summed E-state index contributed by atoms with van der Waals surface area (Å²) in [5.41, 5.74) is 0.236. The molecule has 0 bridgehead atoms. The zero-order valence-electron chi connectivity index (χ0n) is 10.6. The predicted molar refractivity (Wildman–Crippen MR) is 69.8 cm³/mol. The maximum atomic E-state index is 14.1. The maximum Gasteiger partial charge on any atom is 0.309 e. The van der Waals surface area contributed by atoms with Crippen molar-refractivity contribution in [1.29, 1.82) is 0 Å². The number of carboxylic acids is 1. The number of carboxylic acid groups (broad SMARTS) is 1. The zero-order valence-corrected chi connectivity index (χ0v) is 11.3. The van der Waals surface area contributed by atoms with Crippen LogP contribution in [0, 0.1) is 11.7 Å². The molecule has 1 aliphatic carbocycles. The second-order valence-corrected chi connectivity index (χ2v) is 5.73. The van der Waals surface area contributed by atoms with Crippen molar-refractivity contribution < 1.29 is 19.1 Å². The third kappa shape index (κ3) is 2.16. The maximum absolute atomic E-state index is 14.1. The standard InChI is InChI=1S/C14H13ClFNO3/c15-7-1-4-9(11(16)5-7)13-10(14(19)20)6-12(18)17(13)8-2-3-8/h1,4-5,8,10,13H,2-3,6H2,(H,19,20). The van der Waals surface area contributed by atoms with Crippen LogP contribution in [0.25, 0.3) is 0 Å². The Labute approximate surface area is 120 Å². The molecular formula is C14H13ClFNO3. The Hall–Kier alpha value is -1.62. The summed E-state index contributed by atoms with van der Waals surface area (Å²) in [5, 5.41) is 9.55. The van der Waals surface area contributed by atoms with Crippen LogP contribution >= 0.6 is 11.6 Å². The molecule has 1 saturated heterocycles. The second-order valence-electron chi connectivity index (χ2n) is 5.29. The highest BCUT2D eigenvalue weighted by atomic mass is 35.5. The number of nitrogens with zero attached hydrogens (tertiary/aromatic N) is 1. The van der Waals surface area contributed by atoms with E-state index in [0.29, 0.717) is 0 Å². The number of aliphatic carboxylic acids is 1. The zero-order chi connectivity index (χ0) is 14.4. The van der Waals surface area contributed by atoms with Crippen molar-refractivity contribution >= 4 is 23.5 Å². The molecule has 1 aromatic rings. The monoisotopic (exact) mass is 297 g/mol. The van der Waals surface area contributed by atoms with Crippen molar-refractivity contribution in [3.05, 3.63) is 34.6 Å². The van der Waals surface area contributed by atoms with E-state index in [0.717, 1.165) is 18.9 Å². The Balaban J connectivity index is 2.05. The summed E-state index contributed by atoms with van der Waals surface area (Å²) in [6.45, 7) is 0. The van der Waals surface area contributed by atoms with Crippen molar-refractivity contribution in [1.82, 2.24) is 4.90 Å². The number of halogens is 2. The molecule has 3 rings (SSSR count). The summed E-state index contributed by atoms with van der Waals surface area (Å²) in [5.74, 6) is -2.74. The van der Waals surface area contributed by atoms with Crippen molar-refractivity contribution in [2.24, 2.45) is 5.92 Å². The molecule has 1 aromatic carbocycles. The van der Waals surface area contributed by atoms with Crippen molar-refractivity contribution in [2.75, 3.05) is 0 Å². The van der Waals surface area contributed by atoms with Gasteiger partial charge < -0.3 is 10.0 Å². The minimum atomic E-state index is -1.07. The molecule has 0 spiro atoms. The van der Waals surface area contributed by atoms with E-state index >= 15 is 0 Å². The molecule has 1 N–H and O–H groups in total. The van der Waals surface area contributed by atoms with E-state index in [2.05, 4.69) is 0 Å². The van der Waals surface area contributed by atoms with E-state index in [9.17, 15) is 19.1 Å². The Morgan fingerprint density at radius 1 is 1.40 bits per heavy atom. The first-order valence-corrected chi connectivity index (χ1v) is 6.85. The lowest BCUT2D eigenvalue weighted by Gasteiger charge is -2.27. The van der Waals surface area contributed by atoms with Gasteiger partial charge >= 0.3 is 5.97 Å². The number of likely N-dealkylation sites (tertiary alicyclic amines) is 1. The average molecular weight is 298 g/mol. The van der Waals surface area contributed by atoms with E-state index in [1.54, 1.807) is 4.90 Å². The van der Waals surface area contributed by atoms with Crippen LogP contribution in [0.5, 0.6) is 0 Å². The minimum Gasteiger partial charge on any atom is -0.481 e. The lowest BCUT2D eigenvalue weighted by atomic mass is 9.93. The molecule has 106 valence electrons. The normalized spacial score (nSPS) is 26.1. The predicted octanol–water partition coefficient (Wildman–Crippen LogP) is 2.62. The topological polar surface area (TPSA) is 57.6 Å². The highest BCUT2D eigenvalue weighted by Gasteiger charge is 2.50. The van der Waals surface area contributed by atoms with Gasteiger partial charge in [-0.1, -0.05) is 17.7 Å². The molecule has 4 nitrogen and oxygen atoms in total. The van der Waals surface area contributed by atoms with Crippen LogP contribution in [0.2, 0.25) is 5.02 Å². The first-order chi connectivity index (χ1) is 9.49. The van der Waals surface area contributed by atoms with Gasteiger partial charge in [-0.2, -0.15) is 0 Å². The van der Waals surface area contributed by atoms with Crippen LogP contribution in [0.3, 0.4) is 0 Å². The molecule has 2 atom stereocenters. The van der Waals surface area contributed by atoms with Gasteiger partial charge in [-0.05, 0) is 25.0 Å². The highest BCUT2D eigenvalue weighted by molar-refractivity contribution is 6.30. The Bertz CT molecular complexity index is 588. The fourth-order valence-corrected chi connectivity index (χ4v) is 3.03. The largest absolute Gasteiger partial charge is 0.481 e. The van der Waals surface area contributed by atoms with Crippen molar-refractivity contribution in [2.45, 2.75) is 31.3 Å². The number of hydrogen-bond donors (Lipinski definition) is 1. The van der Waals surface area contributed by atoms with E-state index in [1.165, 1.54) is 12.1 Å². The van der Waals surface area contributed by atoms with E-state index < -0.39 is 23.7 Å². The molecule has 6 heteroatoms. The molecule has 1 aliphatic heterocycles. The summed E-state index contributed by atoms with van der Waals surface area (Å²) < 4.78 is 14.1. The molecule has 2 unspecified atom stereocenters. The highest BCUT2D eigenvalue weighted by Crippen LogP contribution is 2.45. The number of carbonyl (C=O) groups is 2. The molecule has 20 heavy (non-hydrogen) atoms. The third-order valence-corrected chi connectivity index (χ3v) is 4.14. The van der Waals surface area contributed by atoms with Crippen LogP contribution < -0.4 is 0 Å². The molecule has 1 saturated carbocycles. The van der Waals surface area contributed by atoms with Gasteiger partial charge in [0.05, 0.1) is 12.0 Å². The number of benzene rings is 1. The Morgan fingerprint density at radius 3 is 2.65 bits per heavy atom. The second kappa shape index (κ2) is 4.74. The molecular weight excluding hydrogens is 285 g/mol. The third-order valence-electron chi connectivity index (χ3n) is 3.90. The van der Waals surface area contributed by atoms with Gasteiger partial charge in [-0.25, -0.2) is 4.39 Å². The average Bonchev–Trinajstić information content (AvgIpc) is 3.13. The van der Waals surface area contributed by atoms with Crippen LogP contribution in [-0.2, 0) is 9.59 Å². The lowest BCUT2D eigenvalue weighted by molar-refractivity contribution is -0.142. The summed E-state index contributed by atoms with van der Waals surface area (Å²) in [7, 11) is 0. The quantitative estimate of drug-likeness (QED) is 0.933. The summed E-state index contributed by atoms with van der Waals surface area (Å²) in [4.78, 5) is 25.0. The van der Waals surface area contributed by atoms with E-state index in [4.69, 9.17) is 11.6 Å². The van der Waals surface area contributed by atoms with Gasteiger partial charge in [-0.3, -0.25) is 9.59 Å². The van der Waals surface area contributed by atoms with Crippen molar-refractivity contribution in [3.8, 4) is 0 Å². The Kier molecular flexibility index (Phi) is 3.17. The molecule has 1 heterocycles. The van der Waals surface area contributed by atoms with Gasteiger partial charge in [0.15, 0.2) is 0 Å². The summed E-state index contributed by atoms with van der Waals surface area (Å²) in [6, 6.07) is 3.47. The van der Waals surface area contributed by atoms with Crippen molar-refractivity contribution in [3.63, 3.8) is 0 Å². The fourth-order valence-electron chi connectivity index (χ4n) is 2.87. The number of hydrogen-bond acceptors (Lipinski definition) is 2. The summed E-state index contributed by atoms with van der Waals surface area (Å²) in [6.07, 6.45) is 1.63. The smallest absolute Gasteiger partial charge is 0.309 e. The van der Waals surface area contributed by atoms with Gasteiger partial charge in [-0.15, -0.1) is 0 Å². The lowest BCUT2D eigenvalue weighted by Crippen LogP contribution is -2.33. The number of rotatable bonds is 3. The SMILES string of the molecule is O=C(O)C1CC(=O)N(C2CC2)C1c1ccc(Cl)cc1F. The van der Waals surface area contributed by atoms with E-state index in [1.807, 2.05) is 0 Å². The first-order valence-electron chi connectivity index (χ1n) is 6.48. The fraction of sp³-hybridized carbons (Fsp3) is 0.429. The Morgan fingerprint density at radius 2 is 2.10 bits per heavy atom. The molecule has 1 amide bonds. The first kappa shape index (κ1) is 13.4. The van der Waals surface area contributed by atoms with Crippen LogP contribution in [0.15, 0.2) is 18.2 Å². The van der Waals surface area contributed by atoms with E-state index in [-0.39, 0.29) is 29.0 Å². The van der Waals surface area contributed by atoms with Crippen LogP contribution in [0.1, 0.15) is 30.9 Å². The van der Waals surface area contributed by atoms with Gasteiger partial charge in [0, 0.05) is 23.0 Å². The summed E-state index contributed by atoms with van der Waals surface area (Å²) >= 11 is 5.73. The minimum absolute atomic E-state index is 0.0481. The molecule has 2 fully saturated rings. The molecule has 0 radical (unpaired) electrons. The van der Waals surface area contributed by atoms with Crippen LogP contribution in [-0.4, -0.2) is 27.9 Å². The van der Waals surface area contributed by atoms with Crippen LogP contribution in [0.4, 0.5) is 4.39 Å². The number of amides is 1. The van der Waals surface area contributed by atoms with Gasteiger partial charge in [0.1, 0.15) is 5.82 Å². The molecule has 0 aromatic heterocycles. The van der Waals surface area contributed by atoms with Gasteiger partial charge in [0.25, 0.3) is 0 Å². The van der Waals surface area contributed by atoms with Gasteiger partial charge in [0.2, 0.25) is 5.91 Å². The number of carbonyl (C=O) groups excluding carboxylic acids is 1.